The molecule has 0 radical (unpaired) electrons. The lowest BCUT2D eigenvalue weighted by atomic mass is 9.98. The standard InChI is InChI=1S/C22H29NO4S/c1-22(2,3)28(25,26)16-18-10-12-23(13-11-18)21(24)15-17-6-8-19(9-7-17)20-5-4-14-27-20/h4-9,14,18H,10-13,15-16H2,1-3H3. The Labute approximate surface area is 167 Å². The van der Waals surface area contributed by atoms with Crippen LogP contribution in [-0.2, 0) is 21.1 Å². The molecular formula is C22H29NO4S. The molecule has 5 nitrogen and oxygen atoms in total. The highest BCUT2D eigenvalue weighted by Gasteiger charge is 2.33. The first-order valence-electron chi connectivity index (χ1n) is 9.78. The minimum atomic E-state index is -3.12. The van der Waals surface area contributed by atoms with Crippen LogP contribution in [0.25, 0.3) is 11.3 Å². The number of nitrogens with zero attached hydrogens (tertiary/aromatic N) is 1. The van der Waals surface area contributed by atoms with Gasteiger partial charge in [-0.1, -0.05) is 24.3 Å². The summed E-state index contributed by atoms with van der Waals surface area (Å²) in [7, 11) is -3.12. The second kappa shape index (κ2) is 8.11. The van der Waals surface area contributed by atoms with Crippen molar-refractivity contribution in [3.05, 3.63) is 48.2 Å². The smallest absolute Gasteiger partial charge is 0.226 e. The van der Waals surface area contributed by atoms with Gasteiger partial charge in [-0.15, -0.1) is 0 Å². The number of rotatable bonds is 5. The van der Waals surface area contributed by atoms with Crippen LogP contribution < -0.4 is 0 Å². The zero-order chi connectivity index (χ0) is 20.4. The predicted molar refractivity (Wildman–Crippen MR) is 111 cm³/mol. The highest BCUT2D eigenvalue weighted by atomic mass is 32.2. The lowest BCUT2D eigenvalue weighted by molar-refractivity contribution is -0.131. The van der Waals surface area contributed by atoms with Crippen molar-refractivity contribution in [2.45, 2.75) is 44.8 Å². The van der Waals surface area contributed by atoms with Gasteiger partial charge in [0.1, 0.15) is 5.76 Å². The molecule has 1 fully saturated rings. The van der Waals surface area contributed by atoms with Crippen LogP contribution in [0.1, 0.15) is 39.2 Å². The van der Waals surface area contributed by atoms with E-state index >= 15 is 0 Å². The fraction of sp³-hybridized carbons (Fsp3) is 0.500. The van der Waals surface area contributed by atoms with Crippen LogP contribution in [0, 0.1) is 5.92 Å². The second-order valence-corrected chi connectivity index (χ2v) is 11.4. The van der Waals surface area contributed by atoms with Gasteiger partial charge in [-0.3, -0.25) is 4.79 Å². The molecule has 1 aromatic carbocycles. The number of benzene rings is 1. The van der Waals surface area contributed by atoms with Crippen molar-refractivity contribution in [2.75, 3.05) is 18.8 Å². The van der Waals surface area contributed by atoms with Crippen LogP contribution in [0.4, 0.5) is 0 Å². The summed E-state index contributed by atoms with van der Waals surface area (Å²) in [5, 5.41) is 0. The number of piperidine rings is 1. The zero-order valence-corrected chi connectivity index (χ0v) is 17.7. The van der Waals surface area contributed by atoms with Gasteiger partial charge in [0, 0.05) is 18.7 Å². The molecule has 0 unspecified atom stereocenters. The summed E-state index contributed by atoms with van der Waals surface area (Å²) in [6.45, 7) is 6.51. The van der Waals surface area contributed by atoms with Gasteiger partial charge in [0.2, 0.25) is 5.91 Å². The van der Waals surface area contributed by atoms with Crippen LogP contribution in [0.3, 0.4) is 0 Å². The molecule has 28 heavy (non-hydrogen) atoms. The number of likely N-dealkylation sites (tertiary alicyclic amines) is 1. The molecule has 0 saturated carbocycles. The largest absolute Gasteiger partial charge is 0.464 e. The first-order valence-corrected chi connectivity index (χ1v) is 11.4. The number of furan rings is 1. The van der Waals surface area contributed by atoms with Gasteiger partial charge in [0.25, 0.3) is 0 Å². The summed E-state index contributed by atoms with van der Waals surface area (Å²) >= 11 is 0. The zero-order valence-electron chi connectivity index (χ0n) is 16.8. The lowest BCUT2D eigenvalue weighted by Crippen LogP contribution is -2.42. The lowest BCUT2D eigenvalue weighted by Gasteiger charge is -2.33. The topological polar surface area (TPSA) is 67.6 Å². The molecule has 1 aromatic heterocycles. The Hall–Kier alpha value is -2.08. The molecule has 1 aliphatic heterocycles. The Morgan fingerprint density at radius 2 is 1.75 bits per heavy atom. The third kappa shape index (κ3) is 4.85. The van der Waals surface area contributed by atoms with E-state index in [0.717, 1.165) is 29.7 Å². The van der Waals surface area contributed by atoms with E-state index in [1.54, 1.807) is 27.0 Å². The third-order valence-corrected chi connectivity index (χ3v) is 8.25. The average molecular weight is 404 g/mol. The van der Waals surface area contributed by atoms with Crippen LogP contribution in [0.2, 0.25) is 0 Å². The molecule has 3 rings (SSSR count). The fourth-order valence-corrected chi connectivity index (χ4v) is 4.88. The highest BCUT2D eigenvalue weighted by molar-refractivity contribution is 7.92. The van der Waals surface area contributed by atoms with E-state index in [1.165, 1.54) is 0 Å². The van der Waals surface area contributed by atoms with E-state index in [-0.39, 0.29) is 17.6 Å². The number of hydrogen-bond acceptors (Lipinski definition) is 4. The van der Waals surface area contributed by atoms with E-state index < -0.39 is 14.6 Å². The molecule has 1 amide bonds. The first kappa shape index (κ1) is 20.6. The van der Waals surface area contributed by atoms with Gasteiger partial charge in [-0.2, -0.15) is 0 Å². The number of carbonyl (C=O) groups is 1. The van der Waals surface area contributed by atoms with Crippen molar-refractivity contribution in [1.29, 1.82) is 0 Å². The van der Waals surface area contributed by atoms with Crippen molar-refractivity contribution in [1.82, 2.24) is 4.90 Å². The van der Waals surface area contributed by atoms with E-state index in [0.29, 0.717) is 19.5 Å². The van der Waals surface area contributed by atoms with Crippen molar-refractivity contribution in [3.63, 3.8) is 0 Å². The molecule has 0 N–H and O–H groups in total. The van der Waals surface area contributed by atoms with E-state index in [9.17, 15) is 13.2 Å². The van der Waals surface area contributed by atoms with Gasteiger partial charge in [0.05, 0.1) is 23.2 Å². The average Bonchev–Trinajstić information content (AvgIpc) is 3.16. The summed E-state index contributed by atoms with van der Waals surface area (Å²) in [6, 6.07) is 11.6. The summed E-state index contributed by atoms with van der Waals surface area (Å²) < 4.78 is 29.5. The normalized spacial score (nSPS) is 16.3. The molecule has 152 valence electrons. The number of hydrogen-bond donors (Lipinski definition) is 0. The van der Waals surface area contributed by atoms with Gasteiger partial charge in [0.15, 0.2) is 9.84 Å². The number of amides is 1. The highest BCUT2D eigenvalue weighted by Crippen LogP contribution is 2.25. The summed E-state index contributed by atoms with van der Waals surface area (Å²) in [5.74, 6) is 1.26. The molecule has 0 aliphatic carbocycles. The minimum absolute atomic E-state index is 0.0999. The van der Waals surface area contributed by atoms with Crippen molar-refractivity contribution in [3.8, 4) is 11.3 Å². The Balaban J connectivity index is 1.51. The maximum absolute atomic E-state index is 12.6. The molecule has 2 aromatic rings. The van der Waals surface area contributed by atoms with Crippen LogP contribution in [0.5, 0.6) is 0 Å². The Morgan fingerprint density at radius 1 is 1.11 bits per heavy atom. The SMILES string of the molecule is CC(C)(C)S(=O)(=O)CC1CCN(C(=O)Cc2ccc(-c3ccco3)cc2)CC1. The molecule has 1 saturated heterocycles. The van der Waals surface area contributed by atoms with E-state index in [2.05, 4.69) is 0 Å². The van der Waals surface area contributed by atoms with E-state index in [4.69, 9.17) is 4.42 Å². The van der Waals surface area contributed by atoms with Crippen molar-refractivity contribution < 1.29 is 17.6 Å². The molecule has 0 bridgehead atoms. The molecular weight excluding hydrogens is 374 g/mol. The Morgan fingerprint density at radius 3 is 2.29 bits per heavy atom. The number of carbonyl (C=O) groups excluding carboxylic acids is 1. The third-order valence-electron chi connectivity index (χ3n) is 5.47. The van der Waals surface area contributed by atoms with Crippen LogP contribution in [0.15, 0.2) is 47.1 Å². The van der Waals surface area contributed by atoms with Crippen molar-refractivity contribution in [2.24, 2.45) is 5.92 Å². The Kier molecular flexibility index (Phi) is 5.98. The quantitative estimate of drug-likeness (QED) is 0.758. The molecule has 0 spiro atoms. The van der Waals surface area contributed by atoms with Crippen LogP contribution in [-0.4, -0.2) is 42.8 Å². The van der Waals surface area contributed by atoms with Crippen LogP contribution >= 0.6 is 0 Å². The predicted octanol–water partition coefficient (Wildman–Crippen LogP) is 3.94. The molecule has 0 atom stereocenters. The summed E-state index contributed by atoms with van der Waals surface area (Å²) in [4.78, 5) is 14.5. The van der Waals surface area contributed by atoms with Gasteiger partial charge in [-0.05, 0) is 57.2 Å². The first-order chi connectivity index (χ1) is 13.2. The minimum Gasteiger partial charge on any atom is -0.464 e. The molecule has 6 heteroatoms. The van der Waals surface area contributed by atoms with E-state index in [1.807, 2.05) is 41.3 Å². The molecule has 2 heterocycles. The maximum atomic E-state index is 12.6. The maximum Gasteiger partial charge on any atom is 0.226 e. The number of sulfone groups is 1. The summed E-state index contributed by atoms with van der Waals surface area (Å²) in [5.41, 5.74) is 1.96. The Bertz CT molecular complexity index is 885. The van der Waals surface area contributed by atoms with Gasteiger partial charge >= 0.3 is 0 Å². The van der Waals surface area contributed by atoms with Gasteiger partial charge < -0.3 is 9.32 Å². The monoisotopic (exact) mass is 403 g/mol. The second-order valence-electron chi connectivity index (χ2n) is 8.57. The van der Waals surface area contributed by atoms with Gasteiger partial charge in [-0.25, -0.2) is 8.42 Å². The summed E-state index contributed by atoms with van der Waals surface area (Å²) in [6.07, 6.45) is 3.50. The molecule has 1 aliphatic rings. The fourth-order valence-electron chi connectivity index (χ4n) is 3.43. The van der Waals surface area contributed by atoms with Crippen molar-refractivity contribution >= 4 is 15.7 Å².